The van der Waals surface area contributed by atoms with Crippen molar-refractivity contribution in [2.45, 2.75) is 24.2 Å². The second-order valence-electron chi connectivity index (χ2n) is 5.35. The molecule has 0 spiro atoms. The molecule has 1 unspecified atom stereocenters. The Labute approximate surface area is 149 Å². The molecule has 8 heteroatoms. The summed E-state index contributed by atoms with van der Waals surface area (Å²) in [4.78, 5) is 12.3. The lowest BCUT2D eigenvalue weighted by Gasteiger charge is -2.25. The molecule has 3 N–H and O–H groups in total. The van der Waals surface area contributed by atoms with Crippen LogP contribution in [0, 0.1) is 0 Å². The number of benzene rings is 2. The normalized spacial score (nSPS) is 19.2. The van der Waals surface area contributed by atoms with E-state index < -0.39 is 28.8 Å². The van der Waals surface area contributed by atoms with Gasteiger partial charge in [-0.1, -0.05) is 29.8 Å². The molecule has 2 aromatic rings. The van der Waals surface area contributed by atoms with Gasteiger partial charge in [0, 0.05) is 9.68 Å². The molecule has 2 aromatic carbocycles. The number of hydrogen-bond acceptors (Lipinski definition) is 4. The van der Waals surface area contributed by atoms with Gasteiger partial charge in [0.2, 0.25) is 10.0 Å². The largest absolute Gasteiger partial charge is 0.282 e. The molecule has 24 heavy (non-hydrogen) atoms. The number of carbonyl (C=O) groups excluding carboxylic acids is 1. The van der Waals surface area contributed by atoms with E-state index in [0.29, 0.717) is 5.69 Å². The zero-order chi connectivity index (χ0) is 20.0. The average Bonchev–Trinajstić information content (AvgIpc) is 2.93. The number of rotatable bonds is 3. The van der Waals surface area contributed by atoms with Gasteiger partial charge in [-0.05, 0) is 43.1 Å². The summed E-state index contributed by atoms with van der Waals surface area (Å²) in [6, 6.07) is 9.72. The Hall–Kier alpha value is -2.09. The summed E-state index contributed by atoms with van der Waals surface area (Å²) in [6.07, 6.45) is 0.246. The van der Waals surface area contributed by atoms with Crippen molar-refractivity contribution in [3.05, 3.63) is 58.6 Å². The summed E-state index contributed by atoms with van der Waals surface area (Å²) in [6.45, 7) is -2.34. The van der Waals surface area contributed by atoms with E-state index >= 15 is 0 Å². The van der Waals surface area contributed by atoms with Crippen molar-refractivity contribution in [1.82, 2.24) is 5.43 Å². The zero-order valence-corrected chi connectivity index (χ0v) is 13.9. The van der Waals surface area contributed by atoms with Crippen LogP contribution in [-0.4, -0.2) is 20.4 Å². The van der Waals surface area contributed by atoms with Gasteiger partial charge >= 0.3 is 0 Å². The Morgan fingerprint density at radius 3 is 2.83 bits per heavy atom. The second-order valence-corrected chi connectivity index (χ2v) is 7.29. The van der Waals surface area contributed by atoms with Crippen molar-refractivity contribution in [2.24, 2.45) is 5.14 Å². The minimum absolute atomic E-state index is 0.0166. The van der Waals surface area contributed by atoms with Crippen LogP contribution in [0.5, 0.6) is 0 Å². The highest BCUT2D eigenvalue weighted by Gasteiger charge is 2.27. The van der Waals surface area contributed by atoms with Gasteiger partial charge in [-0.2, -0.15) is 0 Å². The van der Waals surface area contributed by atoms with E-state index in [-0.39, 0.29) is 21.9 Å². The van der Waals surface area contributed by atoms with Gasteiger partial charge in [0.05, 0.1) is 16.8 Å². The van der Waals surface area contributed by atoms with E-state index in [1.807, 2.05) is 0 Å². The molecule has 0 bridgehead atoms. The summed E-state index contributed by atoms with van der Waals surface area (Å²) in [5.74, 6) is -0.678. The molecule has 0 saturated heterocycles. The molecule has 1 heterocycles. The fourth-order valence-electron chi connectivity index (χ4n) is 2.56. The number of nitrogens with one attached hydrogen (secondary N) is 1. The number of nitrogens with two attached hydrogens (primary N) is 1. The predicted molar refractivity (Wildman–Crippen MR) is 92.4 cm³/mol. The lowest BCUT2D eigenvalue weighted by Crippen LogP contribution is -2.45. The third kappa shape index (κ3) is 3.10. The number of primary sulfonamides is 1. The van der Waals surface area contributed by atoms with E-state index in [1.165, 1.54) is 17.1 Å². The van der Waals surface area contributed by atoms with Crippen molar-refractivity contribution >= 4 is 33.2 Å². The Morgan fingerprint density at radius 2 is 2.12 bits per heavy atom. The first-order valence-corrected chi connectivity index (χ1v) is 8.91. The Morgan fingerprint density at radius 1 is 1.38 bits per heavy atom. The van der Waals surface area contributed by atoms with E-state index in [0.717, 1.165) is 11.6 Å². The molecule has 1 aliphatic heterocycles. The smallest absolute Gasteiger partial charge is 0.269 e. The third-order valence-electron chi connectivity index (χ3n) is 3.70. The highest BCUT2D eigenvalue weighted by Crippen LogP contribution is 2.30. The predicted octanol–water partition coefficient (Wildman–Crippen LogP) is 2.08. The molecule has 0 radical (unpaired) electrons. The molecule has 0 aromatic heterocycles. The molecule has 126 valence electrons. The van der Waals surface area contributed by atoms with Crippen LogP contribution in [0.3, 0.4) is 0 Å². The maximum absolute atomic E-state index is 12.7. The van der Waals surface area contributed by atoms with Crippen LogP contribution in [0.1, 0.15) is 26.9 Å². The van der Waals surface area contributed by atoms with Crippen molar-refractivity contribution in [3.8, 4) is 0 Å². The van der Waals surface area contributed by atoms with Crippen molar-refractivity contribution in [2.75, 3.05) is 5.01 Å². The second kappa shape index (κ2) is 6.08. The number of anilines is 1. The van der Waals surface area contributed by atoms with Crippen LogP contribution in [-0.2, 0) is 16.4 Å². The van der Waals surface area contributed by atoms with Gasteiger partial charge in [0.15, 0.2) is 0 Å². The average molecular weight is 369 g/mol. The van der Waals surface area contributed by atoms with E-state index in [2.05, 4.69) is 5.43 Å². The Balaban J connectivity index is 1.95. The fraction of sp³-hybridized carbons (Fsp3) is 0.188. The summed E-state index contributed by atoms with van der Waals surface area (Å²) >= 11 is 5.83. The van der Waals surface area contributed by atoms with Crippen LogP contribution in [0.4, 0.5) is 5.69 Å². The highest BCUT2D eigenvalue weighted by molar-refractivity contribution is 7.89. The van der Waals surface area contributed by atoms with Crippen LogP contribution < -0.4 is 15.6 Å². The Bertz CT molecular complexity index is 1010. The first-order chi connectivity index (χ1) is 12.5. The van der Waals surface area contributed by atoms with E-state index in [4.69, 9.17) is 20.9 Å². The topological polar surface area (TPSA) is 92.5 Å². The summed E-state index contributed by atoms with van der Waals surface area (Å²) < 4.78 is 46.5. The fourth-order valence-corrected chi connectivity index (χ4v) is 3.63. The van der Waals surface area contributed by atoms with Gasteiger partial charge in [-0.3, -0.25) is 15.2 Å². The number of fused-ring (bicyclic) bond motifs is 1. The first kappa shape index (κ1) is 13.2. The molecule has 0 saturated carbocycles. The van der Waals surface area contributed by atoms with Gasteiger partial charge in [0.25, 0.3) is 5.91 Å². The highest BCUT2D eigenvalue weighted by atomic mass is 35.5. The maximum atomic E-state index is 12.7. The molecular weight excluding hydrogens is 350 g/mol. The molecule has 6 nitrogen and oxygen atoms in total. The number of nitrogens with zero attached hydrogens (tertiary/aromatic N) is 1. The first-order valence-electron chi connectivity index (χ1n) is 8.49. The van der Waals surface area contributed by atoms with Crippen LogP contribution >= 0.6 is 11.6 Å². The molecular formula is C16H16ClN3O3S. The molecule has 1 aliphatic rings. The summed E-state index contributed by atoms with van der Waals surface area (Å²) in [5.41, 5.74) is 3.91. The lowest BCUT2D eigenvalue weighted by atomic mass is 10.1. The number of halogens is 1. The van der Waals surface area contributed by atoms with Crippen molar-refractivity contribution in [1.29, 1.82) is 0 Å². The molecule has 1 amide bonds. The minimum Gasteiger partial charge on any atom is -0.282 e. The van der Waals surface area contributed by atoms with E-state index in [9.17, 15) is 13.2 Å². The quantitative estimate of drug-likeness (QED) is 0.867. The monoisotopic (exact) mass is 368 g/mol. The number of hydrogen-bond donors (Lipinski definition) is 2. The Kier molecular flexibility index (Phi) is 3.35. The molecule has 3 rings (SSSR count). The van der Waals surface area contributed by atoms with Gasteiger partial charge in [0.1, 0.15) is 4.90 Å². The van der Waals surface area contributed by atoms with Crippen LogP contribution in [0.15, 0.2) is 47.4 Å². The molecule has 0 aliphatic carbocycles. The number of carbonyl (C=O) groups is 1. The third-order valence-corrected chi connectivity index (χ3v) is 5.09. The van der Waals surface area contributed by atoms with Crippen LogP contribution in [0.2, 0.25) is 5.02 Å². The number of para-hydroxylation sites is 1. The van der Waals surface area contributed by atoms with E-state index in [1.54, 1.807) is 24.3 Å². The van der Waals surface area contributed by atoms with Gasteiger partial charge in [-0.15, -0.1) is 0 Å². The maximum Gasteiger partial charge on any atom is 0.269 e. The standard InChI is InChI=1S/C16H16ClN3O3S/c1-10-8-11-4-2-3-5-14(11)20(10)19-16(21)12-6-7-13(17)15(9-12)24(18,22)23/h2-7,9-10H,8H2,1H3,(H,19,21)(H2,18,22,23)/i1D3. The lowest BCUT2D eigenvalue weighted by molar-refractivity contribution is 0.0946. The zero-order valence-electron chi connectivity index (χ0n) is 15.4. The van der Waals surface area contributed by atoms with Crippen molar-refractivity contribution in [3.63, 3.8) is 0 Å². The van der Waals surface area contributed by atoms with Crippen molar-refractivity contribution < 1.29 is 17.3 Å². The number of hydrazine groups is 1. The molecule has 0 fully saturated rings. The SMILES string of the molecule is [2H]C([2H])([2H])C1Cc2ccccc2N1NC(=O)c1ccc(Cl)c(S(N)(=O)=O)c1. The number of amides is 1. The summed E-state index contributed by atoms with van der Waals surface area (Å²) in [5, 5.41) is 6.30. The molecule has 1 atom stereocenters. The summed E-state index contributed by atoms with van der Waals surface area (Å²) in [7, 11) is -4.11. The van der Waals surface area contributed by atoms with Gasteiger partial charge < -0.3 is 0 Å². The van der Waals surface area contributed by atoms with Crippen LogP contribution in [0.25, 0.3) is 0 Å². The minimum atomic E-state index is -4.11. The van der Waals surface area contributed by atoms with Gasteiger partial charge in [-0.25, -0.2) is 13.6 Å². The number of sulfonamides is 1.